The first-order valence-electron chi connectivity index (χ1n) is 10.2. The molecule has 27 heavy (non-hydrogen) atoms. The lowest BCUT2D eigenvalue weighted by atomic mass is 10.0. The number of hydrogen-bond acceptors (Lipinski definition) is 4. The van der Waals surface area contributed by atoms with Gasteiger partial charge in [0.05, 0.1) is 29.3 Å². The molecule has 2 heterocycles. The van der Waals surface area contributed by atoms with Crippen LogP contribution in [0.25, 0.3) is 11.0 Å². The molecule has 4 rings (SSSR count). The summed E-state index contributed by atoms with van der Waals surface area (Å²) in [5, 5.41) is 0. The smallest absolute Gasteiger partial charge is 0.121 e. The maximum atomic E-state index is 5.75. The summed E-state index contributed by atoms with van der Waals surface area (Å²) in [5.41, 5.74) is 10.6. The Morgan fingerprint density at radius 2 is 2.04 bits per heavy atom. The molecule has 1 unspecified atom stereocenters. The number of imidazole rings is 1. The van der Waals surface area contributed by atoms with Crippen LogP contribution in [0.1, 0.15) is 55.2 Å². The predicted octanol–water partition coefficient (Wildman–Crippen LogP) is 3.97. The molecule has 0 aliphatic heterocycles. The molecule has 0 spiro atoms. The molecule has 5 nitrogen and oxygen atoms in total. The van der Waals surface area contributed by atoms with E-state index in [0.717, 1.165) is 62.2 Å². The lowest BCUT2D eigenvalue weighted by Crippen LogP contribution is -2.31. The Hall–Kier alpha value is -2.24. The second-order valence-electron chi connectivity index (χ2n) is 7.48. The van der Waals surface area contributed by atoms with Crippen molar-refractivity contribution in [1.29, 1.82) is 0 Å². The minimum atomic E-state index is 0.356. The van der Waals surface area contributed by atoms with Gasteiger partial charge in [0.15, 0.2) is 0 Å². The molecule has 1 aliphatic rings. The average Bonchev–Trinajstić information content (AvgIpc) is 2.98. The molecule has 5 heteroatoms. The van der Waals surface area contributed by atoms with Crippen molar-refractivity contribution in [3.8, 4) is 0 Å². The molecule has 1 atom stereocenters. The Bertz CT molecular complexity index is 839. The maximum Gasteiger partial charge on any atom is 0.121 e. The quantitative estimate of drug-likeness (QED) is 0.492. The molecule has 142 valence electrons. The van der Waals surface area contributed by atoms with E-state index < -0.39 is 0 Å². The van der Waals surface area contributed by atoms with Crippen LogP contribution in [0, 0.1) is 0 Å². The van der Waals surface area contributed by atoms with E-state index in [1.165, 1.54) is 24.1 Å². The van der Waals surface area contributed by atoms with Crippen molar-refractivity contribution >= 4 is 11.0 Å². The minimum Gasteiger partial charge on any atom is -0.341 e. The third-order valence-electron chi connectivity index (χ3n) is 5.55. The minimum absolute atomic E-state index is 0.356. The number of hydrogen-bond donors (Lipinski definition) is 2. The molecule has 2 aromatic heterocycles. The molecule has 1 aromatic carbocycles. The Morgan fingerprint density at radius 1 is 1.11 bits per heavy atom. The summed E-state index contributed by atoms with van der Waals surface area (Å²) in [4.78, 5) is 15.7. The van der Waals surface area contributed by atoms with Crippen LogP contribution >= 0.6 is 0 Å². The van der Waals surface area contributed by atoms with E-state index in [1.54, 1.807) is 0 Å². The monoisotopic (exact) mass is 363 g/mol. The number of aryl methyl sites for hydroxylation is 1. The van der Waals surface area contributed by atoms with Gasteiger partial charge in [-0.3, -0.25) is 9.88 Å². The Labute approximate surface area is 161 Å². The molecule has 0 radical (unpaired) electrons. The Morgan fingerprint density at radius 3 is 2.93 bits per heavy atom. The van der Waals surface area contributed by atoms with Gasteiger partial charge in [0.25, 0.3) is 0 Å². The Kier molecular flexibility index (Phi) is 5.80. The first-order chi connectivity index (χ1) is 13.3. The van der Waals surface area contributed by atoms with Gasteiger partial charge in [-0.25, -0.2) is 4.98 Å². The number of aromatic amines is 1. The van der Waals surface area contributed by atoms with Crippen molar-refractivity contribution in [3.05, 3.63) is 59.7 Å². The second kappa shape index (κ2) is 8.63. The number of nitrogens with zero attached hydrogens (tertiary/aromatic N) is 3. The number of pyridine rings is 1. The van der Waals surface area contributed by atoms with Crippen LogP contribution in [0.15, 0.2) is 42.6 Å². The van der Waals surface area contributed by atoms with Crippen molar-refractivity contribution in [1.82, 2.24) is 19.9 Å². The van der Waals surface area contributed by atoms with Crippen LogP contribution in [-0.2, 0) is 13.0 Å². The second-order valence-corrected chi connectivity index (χ2v) is 7.48. The van der Waals surface area contributed by atoms with Gasteiger partial charge in [0, 0.05) is 6.20 Å². The molecule has 1 aliphatic carbocycles. The highest BCUT2D eigenvalue weighted by Gasteiger charge is 2.26. The SMILES string of the molecule is NCCCCN(Cc1nc2ccccc2[nH]1)C1CCCCc2cccnc21. The summed E-state index contributed by atoms with van der Waals surface area (Å²) in [6.45, 7) is 2.59. The van der Waals surface area contributed by atoms with E-state index in [9.17, 15) is 0 Å². The van der Waals surface area contributed by atoms with E-state index in [-0.39, 0.29) is 0 Å². The number of H-pyrrole nitrogens is 1. The van der Waals surface area contributed by atoms with E-state index >= 15 is 0 Å². The number of fused-ring (bicyclic) bond motifs is 2. The lowest BCUT2D eigenvalue weighted by molar-refractivity contribution is 0.167. The van der Waals surface area contributed by atoms with Gasteiger partial charge < -0.3 is 10.7 Å². The maximum absolute atomic E-state index is 5.75. The number of nitrogens with two attached hydrogens (primary N) is 1. The summed E-state index contributed by atoms with van der Waals surface area (Å²) in [7, 11) is 0. The van der Waals surface area contributed by atoms with Crippen LogP contribution in [-0.4, -0.2) is 32.9 Å². The van der Waals surface area contributed by atoms with E-state index in [4.69, 9.17) is 15.7 Å². The zero-order chi connectivity index (χ0) is 18.5. The van der Waals surface area contributed by atoms with Crippen LogP contribution in [0.5, 0.6) is 0 Å². The summed E-state index contributed by atoms with van der Waals surface area (Å²) in [6, 6.07) is 12.9. The number of rotatable bonds is 7. The van der Waals surface area contributed by atoms with Gasteiger partial charge in [-0.2, -0.15) is 0 Å². The van der Waals surface area contributed by atoms with Gasteiger partial charge in [0.1, 0.15) is 5.82 Å². The number of benzene rings is 1. The molecule has 0 bridgehead atoms. The number of para-hydroxylation sites is 2. The van der Waals surface area contributed by atoms with Crippen LogP contribution < -0.4 is 5.73 Å². The Balaban J connectivity index is 1.62. The molecule has 0 fully saturated rings. The molecule has 0 saturated heterocycles. The summed E-state index contributed by atoms with van der Waals surface area (Å²) in [6.07, 6.45) is 8.89. The van der Waals surface area contributed by atoms with Gasteiger partial charge in [-0.15, -0.1) is 0 Å². The molecular weight excluding hydrogens is 334 g/mol. The highest BCUT2D eigenvalue weighted by molar-refractivity contribution is 5.74. The summed E-state index contributed by atoms with van der Waals surface area (Å²) >= 11 is 0. The normalized spacial score (nSPS) is 17.2. The van der Waals surface area contributed by atoms with Crippen molar-refractivity contribution < 1.29 is 0 Å². The fraction of sp³-hybridized carbons (Fsp3) is 0.455. The first-order valence-corrected chi connectivity index (χ1v) is 10.2. The van der Waals surface area contributed by atoms with Crippen LogP contribution in [0.4, 0.5) is 0 Å². The molecular formula is C22H29N5. The molecule has 0 amide bonds. The molecule has 3 aromatic rings. The topological polar surface area (TPSA) is 70.8 Å². The van der Waals surface area contributed by atoms with E-state index in [1.807, 2.05) is 12.3 Å². The highest BCUT2D eigenvalue weighted by Crippen LogP contribution is 2.33. The number of unbranched alkanes of at least 4 members (excludes halogenated alkanes) is 1. The average molecular weight is 364 g/mol. The van der Waals surface area contributed by atoms with Crippen molar-refractivity contribution in [3.63, 3.8) is 0 Å². The highest BCUT2D eigenvalue weighted by atomic mass is 15.2. The van der Waals surface area contributed by atoms with E-state index in [0.29, 0.717) is 6.04 Å². The predicted molar refractivity (Wildman–Crippen MR) is 109 cm³/mol. The third-order valence-corrected chi connectivity index (χ3v) is 5.55. The van der Waals surface area contributed by atoms with Crippen molar-refractivity contribution in [2.24, 2.45) is 5.73 Å². The first kappa shape index (κ1) is 18.1. The van der Waals surface area contributed by atoms with Gasteiger partial charge >= 0.3 is 0 Å². The fourth-order valence-corrected chi connectivity index (χ4v) is 4.18. The zero-order valence-corrected chi connectivity index (χ0v) is 15.9. The fourth-order valence-electron chi connectivity index (χ4n) is 4.18. The lowest BCUT2D eigenvalue weighted by Gasteiger charge is -2.31. The van der Waals surface area contributed by atoms with Crippen LogP contribution in [0.3, 0.4) is 0 Å². The summed E-state index contributed by atoms with van der Waals surface area (Å²) in [5.74, 6) is 1.03. The standard InChI is InChI=1S/C22H29N5/c23-13-5-6-15-27(16-21-25-18-10-2-3-11-19(18)26-21)20-12-4-1-8-17-9-7-14-24-22(17)20/h2-3,7,9-11,14,20H,1,4-6,8,12-13,15-16,23H2,(H,25,26). The van der Waals surface area contributed by atoms with Crippen LogP contribution in [0.2, 0.25) is 0 Å². The van der Waals surface area contributed by atoms with Gasteiger partial charge in [0.2, 0.25) is 0 Å². The summed E-state index contributed by atoms with van der Waals surface area (Å²) < 4.78 is 0. The molecule has 0 saturated carbocycles. The van der Waals surface area contributed by atoms with Gasteiger partial charge in [-0.05, 0) is 69.0 Å². The molecule has 3 N–H and O–H groups in total. The number of nitrogens with one attached hydrogen (secondary N) is 1. The number of aromatic nitrogens is 3. The zero-order valence-electron chi connectivity index (χ0n) is 15.9. The van der Waals surface area contributed by atoms with E-state index in [2.05, 4.69) is 40.2 Å². The third kappa shape index (κ3) is 4.20. The van der Waals surface area contributed by atoms with Crippen molar-refractivity contribution in [2.75, 3.05) is 13.1 Å². The van der Waals surface area contributed by atoms with Crippen molar-refractivity contribution in [2.45, 2.75) is 51.1 Å². The largest absolute Gasteiger partial charge is 0.341 e. The van der Waals surface area contributed by atoms with Gasteiger partial charge in [-0.1, -0.05) is 24.6 Å².